The minimum Gasteiger partial charge on any atom is -0.395 e. The molecule has 0 spiro atoms. The Balaban J connectivity index is 2.82. The number of hydrogen-bond acceptors (Lipinski definition) is 3. The Bertz CT molecular complexity index is 437. The monoisotopic (exact) mass is 303 g/mol. The number of carbonyl (C=O) groups excluding carboxylic acids is 1. The molecule has 0 radical (unpaired) electrons. The number of benzene rings is 1. The lowest BCUT2D eigenvalue weighted by Gasteiger charge is -2.18. The van der Waals surface area contributed by atoms with E-state index in [0.717, 1.165) is 0 Å². The summed E-state index contributed by atoms with van der Waals surface area (Å²) in [6.45, 7) is 0.0127. The zero-order valence-corrected chi connectivity index (χ0v) is 11.7. The average Bonchev–Trinajstić information content (AvgIpc) is 2.37. The van der Waals surface area contributed by atoms with Crippen molar-refractivity contribution in [2.24, 2.45) is 0 Å². The van der Waals surface area contributed by atoms with E-state index in [1.54, 1.807) is 18.2 Å². The zero-order valence-electron chi connectivity index (χ0n) is 10.2. The van der Waals surface area contributed by atoms with Gasteiger partial charge in [0.2, 0.25) is 5.91 Å². The number of rotatable bonds is 6. The standard InChI is InChI=1S/C13H15Cl2NO3/c14-11-2-1-3-12(15)10(11)4-5-13(19)16(6-8-17)7-9-18/h1-5,17-18H,6-9H2/b5-4+. The molecule has 0 aliphatic rings. The molecule has 0 atom stereocenters. The molecule has 0 saturated heterocycles. The van der Waals surface area contributed by atoms with E-state index in [-0.39, 0.29) is 32.2 Å². The van der Waals surface area contributed by atoms with Gasteiger partial charge in [-0.2, -0.15) is 0 Å². The molecule has 1 aromatic rings. The Hall–Kier alpha value is -1.07. The number of aliphatic hydroxyl groups is 2. The van der Waals surface area contributed by atoms with E-state index in [4.69, 9.17) is 33.4 Å². The number of carbonyl (C=O) groups is 1. The van der Waals surface area contributed by atoms with Crippen molar-refractivity contribution in [1.29, 1.82) is 0 Å². The van der Waals surface area contributed by atoms with Gasteiger partial charge in [-0.25, -0.2) is 0 Å². The van der Waals surface area contributed by atoms with Gasteiger partial charge in [0, 0.05) is 34.8 Å². The molecule has 2 N–H and O–H groups in total. The van der Waals surface area contributed by atoms with Crippen LogP contribution in [0, 0.1) is 0 Å². The molecule has 0 bridgehead atoms. The van der Waals surface area contributed by atoms with Crippen molar-refractivity contribution in [2.45, 2.75) is 0 Å². The van der Waals surface area contributed by atoms with E-state index < -0.39 is 0 Å². The Morgan fingerprint density at radius 3 is 2.16 bits per heavy atom. The quantitative estimate of drug-likeness (QED) is 0.788. The molecule has 4 nitrogen and oxygen atoms in total. The Morgan fingerprint density at radius 1 is 1.16 bits per heavy atom. The van der Waals surface area contributed by atoms with Crippen LogP contribution in [0.4, 0.5) is 0 Å². The second-order valence-electron chi connectivity index (χ2n) is 3.74. The van der Waals surface area contributed by atoms with E-state index in [2.05, 4.69) is 0 Å². The summed E-state index contributed by atoms with van der Waals surface area (Å²) in [5.41, 5.74) is 0.562. The maximum atomic E-state index is 11.8. The predicted octanol–water partition coefficient (Wildman–Crippen LogP) is 1.82. The summed E-state index contributed by atoms with van der Waals surface area (Å²) in [6, 6.07) is 5.07. The molecular formula is C13H15Cl2NO3. The van der Waals surface area contributed by atoms with Gasteiger partial charge in [0.25, 0.3) is 0 Å². The van der Waals surface area contributed by atoms with Gasteiger partial charge in [0.15, 0.2) is 0 Å². The van der Waals surface area contributed by atoms with Crippen molar-refractivity contribution >= 4 is 35.2 Å². The third-order valence-corrected chi connectivity index (χ3v) is 3.10. The first-order valence-electron chi connectivity index (χ1n) is 5.73. The van der Waals surface area contributed by atoms with Gasteiger partial charge in [0.1, 0.15) is 0 Å². The van der Waals surface area contributed by atoms with Crippen LogP contribution in [0.25, 0.3) is 6.08 Å². The fraction of sp³-hybridized carbons (Fsp3) is 0.308. The summed E-state index contributed by atoms with van der Waals surface area (Å²) in [6.07, 6.45) is 2.84. The number of halogens is 2. The first-order valence-corrected chi connectivity index (χ1v) is 6.48. The molecule has 0 unspecified atom stereocenters. The minimum absolute atomic E-state index is 0.160. The Kier molecular flexibility index (Phi) is 6.87. The van der Waals surface area contributed by atoms with Gasteiger partial charge in [-0.15, -0.1) is 0 Å². The molecule has 1 rings (SSSR count). The van der Waals surface area contributed by atoms with Crippen LogP contribution < -0.4 is 0 Å². The van der Waals surface area contributed by atoms with Gasteiger partial charge in [-0.05, 0) is 18.2 Å². The van der Waals surface area contributed by atoms with Crippen LogP contribution in [0.2, 0.25) is 10.0 Å². The molecule has 0 aliphatic heterocycles. The van der Waals surface area contributed by atoms with Crippen LogP contribution in [-0.4, -0.2) is 47.3 Å². The van der Waals surface area contributed by atoms with Crippen LogP contribution >= 0.6 is 23.2 Å². The molecule has 0 heterocycles. The highest BCUT2D eigenvalue weighted by atomic mass is 35.5. The lowest BCUT2D eigenvalue weighted by molar-refractivity contribution is -0.126. The zero-order chi connectivity index (χ0) is 14.3. The summed E-state index contributed by atoms with van der Waals surface area (Å²) in [4.78, 5) is 13.2. The fourth-order valence-corrected chi connectivity index (χ4v) is 2.03. The molecule has 0 fully saturated rings. The number of amides is 1. The maximum absolute atomic E-state index is 11.8. The van der Waals surface area contributed by atoms with E-state index in [1.165, 1.54) is 17.1 Å². The van der Waals surface area contributed by atoms with Crippen LogP contribution in [0.15, 0.2) is 24.3 Å². The summed E-state index contributed by atoms with van der Waals surface area (Å²) in [7, 11) is 0. The van der Waals surface area contributed by atoms with Gasteiger partial charge in [0.05, 0.1) is 13.2 Å². The van der Waals surface area contributed by atoms with Gasteiger partial charge >= 0.3 is 0 Å². The van der Waals surface area contributed by atoms with Crippen molar-refractivity contribution in [2.75, 3.05) is 26.3 Å². The van der Waals surface area contributed by atoms with Crippen molar-refractivity contribution in [3.05, 3.63) is 39.9 Å². The third kappa shape index (κ3) is 4.84. The SMILES string of the molecule is O=C(/C=C/c1c(Cl)cccc1Cl)N(CCO)CCO. The summed E-state index contributed by atoms with van der Waals surface area (Å²) in [5.74, 6) is -0.320. The van der Waals surface area contributed by atoms with Gasteiger partial charge in [-0.1, -0.05) is 29.3 Å². The van der Waals surface area contributed by atoms with Crippen molar-refractivity contribution in [3.63, 3.8) is 0 Å². The third-order valence-electron chi connectivity index (χ3n) is 2.44. The summed E-state index contributed by atoms with van der Waals surface area (Å²) in [5, 5.41) is 18.6. The van der Waals surface area contributed by atoms with E-state index in [9.17, 15) is 4.79 Å². The van der Waals surface area contributed by atoms with Crippen LogP contribution in [0.3, 0.4) is 0 Å². The number of nitrogens with zero attached hydrogens (tertiary/aromatic N) is 1. The number of aliphatic hydroxyl groups excluding tert-OH is 2. The van der Waals surface area contributed by atoms with E-state index >= 15 is 0 Å². The van der Waals surface area contributed by atoms with Gasteiger partial charge < -0.3 is 15.1 Å². The van der Waals surface area contributed by atoms with Gasteiger partial charge in [-0.3, -0.25) is 4.79 Å². The second-order valence-corrected chi connectivity index (χ2v) is 4.56. The lowest BCUT2D eigenvalue weighted by Crippen LogP contribution is -2.34. The summed E-state index contributed by atoms with van der Waals surface area (Å²) < 4.78 is 0. The first-order chi connectivity index (χ1) is 9.10. The molecule has 1 aromatic carbocycles. The van der Waals surface area contributed by atoms with E-state index in [0.29, 0.717) is 15.6 Å². The second kappa shape index (κ2) is 8.17. The molecule has 0 aliphatic carbocycles. The Morgan fingerprint density at radius 2 is 1.68 bits per heavy atom. The normalized spacial score (nSPS) is 10.9. The van der Waals surface area contributed by atoms with Crippen LogP contribution in [0.5, 0.6) is 0 Å². The molecule has 0 aromatic heterocycles. The highest BCUT2D eigenvalue weighted by Crippen LogP contribution is 2.25. The molecular weight excluding hydrogens is 289 g/mol. The lowest BCUT2D eigenvalue weighted by atomic mass is 10.2. The minimum atomic E-state index is -0.320. The fourth-order valence-electron chi connectivity index (χ4n) is 1.50. The average molecular weight is 304 g/mol. The highest BCUT2D eigenvalue weighted by molar-refractivity contribution is 6.37. The molecule has 1 amide bonds. The van der Waals surface area contributed by atoms with Crippen LogP contribution in [0.1, 0.15) is 5.56 Å². The summed E-state index contributed by atoms with van der Waals surface area (Å²) >= 11 is 11.9. The highest BCUT2D eigenvalue weighted by Gasteiger charge is 2.09. The molecule has 19 heavy (non-hydrogen) atoms. The first kappa shape index (κ1) is 16.0. The predicted molar refractivity (Wildman–Crippen MR) is 76.2 cm³/mol. The Labute approximate surface area is 121 Å². The van der Waals surface area contributed by atoms with E-state index in [1.807, 2.05) is 0 Å². The topological polar surface area (TPSA) is 60.8 Å². The number of hydrogen-bond donors (Lipinski definition) is 2. The molecule has 6 heteroatoms. The van der Waals surface area contributed by atoms with Crippen molar-refractivity contribution in [3.8, 4) is 0 Å². The van der Waals surface area contributed by atoms with Crippen molar-refractivity contribution < 1.29 is 15.0 Å². The van der Waals surface area contributed by atoms with Crippen LogP contribution in [-0.2, 0) is 4.79 Å². The molecule has 0 saturated carbocycles. The maximum Gasteiger partial charge on any atom is 0.246 e. The molecule has 104 valence electrons. The smallest absolute Gasteiger partial charge is 0.246 e. The van der Waals surface area contributed by atoms with Crippen molar-refractivity contribution in [1.82, 2.24) is 4.90 Å². The largest absolute Gasteiger partial charge is 0.395 e.